The monoisotopic (exact) mass is 406 g/mol. The molecule has 0 fully saturated rings. The Morgan fingerprint density at radius 3 is 2.62 bits per heavy atom. The van der Waals surface area contributed by atoms with Crippen LogP contribution >= 0.6 is 11.6 Å². The number of aromatic nitrogens is 3. The van der Waals surface area contributed by atoms with Crippen LogP contribution in [0.1, 0.15) is 29.1 Å². The van der Waals surface area contributed by atoms with Crippen LogP contribution in [0.3, 0.4) is 0 Å². The van der Waals surface area contributed by atoms with E-state index in [4.69, 9.17) is 16.0 Å². The number of nitrogens with zero attached hydrogens (tertiary/aromatic N) is 3. The normalized spacial score (nSPS) is 11.9. The summed E-state index contributed by atoms with van der Waals surface area (Å²) >= 11 is 6.57. The Morgan fingerprint density at radius 1 is 1.17 bits per heavy atom. The molecule has 0 saturated heterocycles. The highest BCUT2D eigenvalue weighted by atomic mass is 35.5. The number of hydrogen-bond donors (Lipinski definition) is 0. The molecule has 7 heteroatoms. The summed E-state index contributed by atoms with van der Waals surface area (Å²) < 4.78 is 7.43. The van der Waals surface area contributed by atoms with Gasteiger partial charge in [-0.15, -0.1) is 0 Å². The molecule has 6 nitrogen and oxygen atoms in total. The van der Waals surface area contributed by atoms with E-state index < -0.39 is 5.97 Å². The van der Waals surface area contributed by atoms with Crippen molar-refractivity contribution in [1.29, 1.82) is 0 Å². The Balaban J connectivity index is 1.75. The second-order valence-corrected chi connectivity index (χ2v) is 7.00. The van der Waals surface area contributed by atoms with Crippen LogP contribution in [0.15, 0.2) is 59.0 Å². The topological polar surface area (TPSA) is 84.0 Å². The summed E-state index contributed by atoms with van der Waals surface area (Å²) in [7, 11) is 0. The van der Waals surface area contributed by atoms with E-state index in [0.717, 1.165) is 5.56 Å². The third-order valence-electron chi connectivity index (χ3n) is 4.51. The maximum absolute atomic E-state index is 11.3. The molecule has 4 rings (SSSR count). The number of carbonyl (C=O) groups excluding carboxylic acids is 1. The lowest BCUT2D eigenvalue weighted by molar-refractivity contribution is -0.304. The number of carboxylic acid groups (broad SMARTS) is 1. The third kappa shape index (κ3) is 4.07. The molecule has 2 heterocycles. The third-order valence-corrected chi connectivity index (χ3v) is 4.91. The van der Waals surface area contributed by atoms with E-state index in [9.17, 15) is 9.90 Å². The van der Waals surface area contributed by atoms with E-state index in [-0.39, 0.29) is 12.3 Å². The molecule has 0 amide bonds. The van der Waals surface area contributed by atoms with Crippen LogP contribution in [0.4, 0.5) is 0 Å². The van der Waals surface area contributed by atoms with Gasteiger partial charge in [0.15, 0.2) is 5.58 Å². The van der Waals surface area contributed by atoms with E-state index in [2.05, 4.69) is 10.1 Å². The van der Waals surface area contributed by atoms with Crippen LogP contribution in [0.5, 0.6) is 0 Å². The highest BCUT2D eigenvalue weighted by molar-refractivity contribution is 6.31. The Bertz CT molecular complexity index is 1180. The van der Waals surface area contributed by atoms with Gasteiger partial charge in [0, 0.05) is 23.5 Å². The average Bonchev–Trinajstić information content (AvgIpc) is 3.24. The van der Waals surface area contributed by atoms with Gasteiger partial charge >= 0.3 is 0 Å². The summed E-state index contributed by atoms with van der Waals surface area (Å²) in [6.07, 6.45) is 1.30. The van der Waals surface area contributed by atoms with Crippen molar-refractivity contribution in [3.8, 4) is 0 Å². The summed E-state index contributed by atoms with van der Waals surface area (Å²) in [6, 6.07) is 17.1. The SMILES string of the molecule is Cc1nn(Cc2ccccc2)c(Cl)c1/C=C(\CC(=O)[O-])c1nc2ccccc2o1. The largest absolute Gasteiger partial charge is 0.550 e. The van der Waals surface area contributed by atoms with E-state index in [1.54, 1.807) is 22.9 Å². The molecule has 146 valence electrons. The van der Waals surface area contributed by atoms with Crippen LogP contribution < -0.4 is 5.11 Å². The molecule has 0 saturated carbocycles. The molecule has 0 aliphatic heterocycles. The lowest BCUT2D eigenvalue weighted by Crippen LogP contribution is -2.22. The van der Waals surface area contributed by atoms with E-state index in [0.29, 0.717) is 39.6 Å². The predicted octanol–water partition coefficient (Wildman–Crippen LogP) is 3.72. The van der Waals surface area contributed by atoms with E-state index in [1.165, 1.54) is 0 Å². The van der Waals surface area contributed by atoms with Gasteiger partial charge in [-0.05, 0) is 30.7 Å². The number of benzene rings is 2. The number of halogens is 1. The number of aliphatic carboxylic acids is 1. The van der Waals surface area contributed by atoms with Gasteiger partial charge in [-0.1, -0.05) is 54.1 Å². The lowest BCUT2D eigenvalue weighted by Gasteiger charge is -2.06. The first kappa shape index (κ1) is 19.0. The fourth-order valence-corrected chi connectivity index (χ4v) is 3.41. The van der Waals surface area contributed by atoms with Crippen LogP contribution in [-0.2, 0) is 11.3 Å². The Kier molecular flexibility index (Phi) is 5.18. The number of hydrogen-bond acceptors (Lipinski definition) is 5. The van der Waals surface area contributed by atoms with Gasteiger partial charge in [-0.25, -0.2) is 9.67 Å². The Hall–Kier alpha value is -3.38. The lowest BCUT2D eigenvalue weighted by atomic mass is 10.1. The molecule has 0 unspecified atom stereocenters. The van der Waals surface area contributed by atoms with Crippen molar-refractivity contribution in [2.24, 2.45) is 0 Å². The van der Waals surface area contributed by atoms with Gasteiger partial charge < -0.3 is 14.3 Å². The van der Waals surface area contributed by atoms with Gasteiger partial charge in [0.05, 0.1) is 12.2 Å². The van der Waals surface area contributed by atoms with Crippen LogP contribution in [0, 0.1) is 6.92 Å². The van der Waals surface area contributed by atoms with Crippen molar-refractivity contribution in [2.45, 2.75) is 19.9 Å². The second-order valence-electron chi connectivity index (χ2n) is 6.64. The standard InChI is InChI=1S/C22H18ClN3O3/c1-14-17(21(23)26(25-14)13-15-7-3-2-4-8-15)11-16(12-20(27)28)22-24-18-9-5-6-10-19(18)29-22/h2-11H,12-13H2,1H3,(H,27,28)/p-1/b16-11+. The molecule has 0 radical (unpaired) electrons. The molecule has 0 bridgehead atoms. The molecule has 0 spiro atoms. The highest BCUT2D eigenvalue weighted by Gasteiger charge is 2.16. The molecule has 2 aromatic carbocycles. The summed E-state index contributed by atoms with van der Waals surface area (Å²) in [6.45, 7) is 2.33. The minimum Gasteiger partial charge on any atom is -0.550 e. The average molecular weight is 407 g/mol. The highest BCUT2D eigenvalue weighted by Crippen LogP contribution is 2.29. The van der Waals surface area contributed by atoms with Crippen molar-refractivity contribution >= 4 is 40.3 Å². The number of carboxylic acids is 1. The summed E-state index contributed by atoms with van der Waals surface area (Å²) in [5.74, 6) is -1.01. The van der Waals surface area contributed by atoms with Crippen LogP contribution in [-0.4, -0.2) is 20.7 Å². The second kappa shape index (κ2) is 7.93. The molecular formula is C22H17ClN3O3-. The molecule has 2 aromatic heterocycles. The van der Waals surface area contributed by atoms with Gasteiger partial charge in [0.2, 0.25) is 5.89 Å². The van der Waals surface area contributed by atoms with Crippen molar-refractivity contribution in [2.75, 3.05) is 0 Å². The maximum atomic E-state index is 11.3. The zero-order chi connectivity index (χ0) is 20.4. The van der Waals surface area contributed by atoms with Crippen molar-refractivity contribution in [3.05, 3.63) is 82.5 Å². The van der Waals surface area contributed by atoms with Gasteiger partial charge in [0.1, 0.15) is 10.7 Å². The van der Waals surface area contributed by atoms with Crippen LogP contribution in [0.25, 0.3) is 22.7 Å². The van der Waals surface area contributed by atoms with Crippen molar-refractivity contribution in [3.63, 3.8) is 0 Å². The Morgan fingerprint density at radius 2 is 1.90 bits per heavy atom. The minimum atomic E-state index is -1.23. The first-order valence-corrected chi connectivity index (χ1v) is 9.42. The molecule has 29 heavy (non-hydrogen) atoms. The summed E-state index contributed by atoms with van der Waals surface area (Å²) in [4.78, 5) is 15.7. The van der Waals surface area contributed by atoms with Crippen molar-refractivity contribution < 1.29 is 14.3 Å². The van der Waals surface area contributed by atoms with E-state index >= 15 is 0 Å². The quantitative estimate of drug-likeness (QED) is 0.487. The number of oxazole rings is 1. The first-order chi connectivity index (χ1) is 14.0. The molecule has 0 atom stereocenters. The van der Waals surface area contributed by atoms with Crippen molar-refractivity contribution in [1.82, 2.24) is 14.8 Å². The molecule has 0 aliphatic carbocycles. The zero-order valence-electron chi connectivity index (χ0n) is 15.6. The number of para-hydroxylation sites is 2. The minimum absolute atomic E-state index is 0.224. The molecular weight excluding hydrogens is 390 g/mol. The first-order valence-electron chi connectivity index (χ1n) is 9.04. The number of carbonyl (C=O) groups is 1. The molecule has 0 N–H and O–H groups in total. The van der Waals surface area contributed by atoms with E-state index in [1.807, 2.05) is 49.4 Å². The summed E-state index contributed by atoms with van der Waals surface area (Å²) in [5, 5.41) is 16.2. The fraction of sp³-hybridized carbons (Fsp3) is 0.136. The number of fused-ring (bicyclic) bond motifs is 1. The molecule has 4 aromatic rings. The molecule has 0 aliphatic rings. The Labute approximate surface area is 172 Å². The fourth-order valence-electron chi connectivity index (χ4n) is 3.12. The summed E-state index contributed by atoms with van der Waals surface area (Å²) in [5.41, 5.74) is 3.95. The number of aryl methyl sites for hydroxylation is 1. The van der Waals surface area contributed by atoms with Gasteiger partial charge in [-0.3, -0.25) is 0 Å². The maximum Gasteiger partial charge on any atom is 0.223 e. The predicted molar refractivity (Wildman–Crippen MR) is 109 cm³/mol. The number of rotatable bonds is 6. The zero-order valence-corrected chi connectivity index (χ0v) is 16.4. The van der Waals surface area contributed by atoms with Gasteiger partial charge in [0.25, 0.3) is 0 Å². The smallest absolute Gasteiger partial charge is 0.223 e. The van der Waals surface area contributed by atoms with Crippen LogP contribution in [0.2, 0.25) is 5.15 Å². The van der Waals surface area contributed by atoms with Gasteiger partial charge in [-0.2, -0.15) is 5.10 Å².